The molecular formula is C46H33N2+. The van der Waals surface area contributed by atoms with Crippen LogP contribution < -0.4 is 10.2 Å². The Balaban J connectivity index is 1.19. The van der Waals surface area contributed by atoms with E-state index in [1.165, 1.54) is 98.1 Å². The van der Waals surface area contributed by atoms with Crippen LogP contribution in [0.1, 0.15) is 6.92 Å². The van der Waals surface area contributed by atoms with Gasteiger partial charge in [-0.05, 0) is 100 Å². The zero-order valence-corrected chi connectivity index (χ0v) is 26.7. The SMILES string of the molecule is CC1Nc2ccccc2[NH+]1c1ccc(-c2c3ccccc3c(-c3ccc4c5ccccc5c5ccccc5c4c3)c3ccccc23)cc1. The molecular weight excluding hydrogens is 581 g/mol. The molecule has 2 nitrogen and oxygen atoms in total. The van der Waals surface area contributed by atoms with Gasteiger partial charge < -0.3 is 5.32 Å². The van der Waals surface area contributed by atoms with Gasteiger partial charge in [0, 0.05) is 25.1 Å². The fourth-order valence-corrected chi connectivity index (χ4v) is 8.42. The number of nitrogens with one attached hydrogen (secondary N) is 2. The summed E-state index contributed by atoms with van der Waals surface area (Å²) in [4.78, 5) is 1.36. The zero-order chi connectivity index (χ0) is 31.8. The Morgan fingerprint density at radius 3 is 1.38 bits per heavy atom. The van der Waals surface area contributed by atoms with Gasteiger partial charge in [0.05, 0.1) is 0 Å². The Kier molecular flexibility index (Phi) is 5.96. The van der Waals surface area contributed by atoms with Gasteiger partial charge in [-0.2, -0.15) is 0 Å². The van der Waals surface area contributed by atoms with Crippen molar-refractivity contribution in [2.75, 3.05) is 5.32 Å². The van der Waals surface area contributed by atoms with Crippen LogP contribution in [0.3, 0.4) is 0 Å². The molecule has 2 unspecified atom stereocenters. The standard InChI is InChI=1S/C46H32N2/c1-29-47-43-20-10-11-21-44(43)48(29)32-25-22-30(23-26-32)45-38-16-6-8-18-40(38)46(41-19-9-7-17-39(41)45)31-24-27-37-35-14-3-2-12-33(35)34-13-4-5-15-36(34)42(37)28-31/h2-29,47H,1H3/p+1. The van der Waals surface area contributed by atoms with Crippen molar-refractivity contribution < 1.29 is 4.90 Å². The Morgan fingerprint density at radius 2 is 0.812 bits per heavy atom. The van der Waals surface area contributed by atoms with Gasteiger partial charge in [0.15, 0.2) is 11.9 Å². The lowest BCUT2D eigenvalue weighted by molar-refractivity contribution is -0.777. The van der Waals surface area contributed by atoms with Gasteiger partial charge in [-0.3, -0.25) is 0 Å². The lowest BCUT2D eigenvalue weighted by Crippen LogP contribution is -3.05. The molecule has 0 aliphatic carbocycles. The Morgan fingerprint density at radius 1 is 0.396 bits per heavy atom. The number of hydrogen-bond acceptors (Lipinski definition) is 1. The van der Waals surface area contributed by atoms with Gasteiger partial charge in [0.2, 0.25) is 0 Å². The molecule has 1 aliphatic heterocycles. The van der Waals surface area contributed by atoms with Gasteiger partial charge in [-0.1, -0.05) is 121 Å². The monoisotopic (exact) mass is 613 g/mol. The van der Waals surface area contributed by atoms with E-state index in [1.54, 1.807) is 0 Å². The van der Waals surface area contributed by atoms with Crippen molar-refractivity contribution in [1.29, 1.82) is 0 Å². The molecule has 10 rings (SSSR count). The molecule has 48 heavy (non-hydrogen) atoms. The molecule has 2 N–H and O–H groups in total. The number of rotatable bonds is 3. The maximum absolute atomic E-state index is 3.65. The molecule has 0 spiro atoms. The second kappa shape index (κ2) is 10.5. The van der Waals surface area contributed by atoms with Crippen molar-refractivity contribution >= 4 is 70.9 Å². The summed E-state index contributed by atoms with van der Waals surface area (Å²) in [5.41, 5.74) is 8.84. The topological polar surface area (TPSA) is 16.5 Å². The molecule has 0 aromatic heterocycles. The molecule has 0 saturated carbocycles. The maximum atomic E-state index is 3.65. The molecule has 2 atom stereocenters. The highest BCUT2D eigenvalue weighted by Crippen LogP contribution is 2.45. The van der Waals surface area contributed by atoms with Crippen molar-refractivity contribution in [2.24, 2.45) is 0 Å². The van der Waals surface area contributed by atoms with Crippen molar-refractivity contribution in [3.05, 3.63) is 164 Å². The third kappa shape index (κ3) is 3.97. The van der Waals surface area contributed by atoms with E-state index < -0.39 is 0 Å². The number of benzene rings is 9. The molecule has 9 aromatic rings. The molecule has 2 heteroatoms. The third-order valence-corrected chi connectivity index (χ3v) is 10.5. The fourth-order valence-electron chi connectivity index (χ4n) is 8.42. The molecule has 0 bridgehead atoms. The molecule has 1 aliphatic rings. The first kappa shape index (κ1) is 27.2. The number of quaternary nitrogens is 1. The van der Waals surface area contributed by atoms with Gasteiger partial charge in [-0.15, -0.1) is 0 Å². The normalized spacial score (nSPS) is 15.8. The summed E-state index contributed by atoms with van der Waals surface area (Å²) in [6, 6.07) is 60.6. The van der Waals surface area contributed by atoms with Crippen LogP contribution in [0.2, 0.25) is 0 Å². The first-order valence-electron chi connectivity index (χ1n) is 16.9. The molecule has 0 amide bonds. The number of para-hydroxylation sites is 2. The summed E-state index contributed by atoms with van der Waals surface area (Å²) in [5.74, 6) is 0. The number of anilines is 1. The quantitative estimate of drug-likeness (QED) is 0.150. The van der Waals surface area contributed by atoms with Crippen LogP contribution in [0.15, 0.2) is 164 Å². The molecule has 1 heterocycles. The third-order valence-electron chi connectivity index (χ3n) is 10.5. The summed E-state index contributed by atoms with van der Waals surface area (Å²) in [6.07, 6.45) is 0.270. The second-order valence-electron chi connectivity index (χ2n) is 13.1. The predicted octanol–water partition coefficient (Wildman–Crippen LogP) is 11.4. The summed E-state index contributed by atoms with van der Waals surface area (Å²) in [5, 5.41) is 16.6. The first-order chi connectivity index (χ1) is 23.7. The van der Waals surface area contributed by atoms with E-state index in [0.29, 0.717) is 0 Å². The van der Waals surface area contributed by atoms with Crippen molar-refractivity contribution in [2.45, 2.75) is 13.1 Å². The minimum Gasteiger partial charge on any atom is -0.331 e. The molecule has 0 saturated heterocycles. The lowest BCUT2D eigenvalue weighted by Gasteiger charge is -2.20. The highest BCUT2D eigenvalue weighted by Gasteiger charge is 2.32. The van der Waals surface area contributed by atoms with Crippen molar-refractivity contribution in [3.8, 4) is 22.3 Å². The molecule has 226 valence electrons. The number of hydrogen-bond donors (Lipinski definition) is 2. The van der Waals surface area contributed by atoms with Crippen molar-refractivity contribution in [1.82, 2.24) is 0 Å². The summed E-state index contributed by atoms with van der Waals surface area (Å²) >= 11 is 0. The average molecular weight is 614 g/mol. The summed E-state index contributed by atoms with van der Waals surface area (Å²) < 4.78 is 0. The van der Waals surface area contributed by atoms with E-state index in [2.05, 4.69) is 176 Å². The van der Waals surface area contributed by atoms with Crippen LogP contribution in [0.5, 0.6) is 0 Å². The average Bonchev–Trinajstić information content (AvgIpc) is 3.49. The fraction of sp³-hybridized carbons (Fsp3) is 0.0435. The maximum Gasteiger partial charge on any atom is 0.167 e. The molecule has 9 aromatic carbocycles. The molecule has 0 fully saturated rings. The summed E-state index contributed by atoms with van der Waals surface area (Å²) in [7, 11) is 0. The lowest BCUT2D eigenvalue weighted by atomic mass is 9.85. The van der Waals surface area contributed by atoms with E-state index in [0.717, 1.165) is 0 Å². The van der Waals surface area contributed by atoms with E-state index in [-0.39, 0.29) is 6.17 Å². The van der Waals surface area contributed by atoms with E-state index in [1.807, 2.05) is 0 Å². The minimum absolute atomic E-state index is 0.270. The Bertz CT molecular complexity index is 2630. The van der Waals surface area contributed by atoms with Gasteiger partial charge >= 0.3 is 0 Å². The van der Waals surface area contributed by atoms with Gasteiger partial charge in [0.25, 0.3) is 0 Å². The van der Waals surface area contributed by atoms with Crippen LogP contribution in [-0.2, 0) is 0 Å². The van der Waals surface area contributed by atoms with Gasteiger partial charge in [0.1, 0.15) is 11.4 Å². The second-order valence-corrected chi connectivity index (χ2v) is 13.1. The van der Waals surface area contributed by atoms with E-state index >= 15 is 0 Å². The Labute approximate surface area is 279 Å². The van der Waals surface area contributed by atoms with Crippen LogP contribution >= 0.6 is 0 Å². The zero-order valence-electron chi connectivity index (χ0n) is 26.7. The highest BCUT2D eigenvalue weighted by atomic mass is 15.3. The Hall–Kier alpha value is -5.96. The predicted molar refractivity (Wildman–Crippen MR) is 205 cm³/mol. The first-order valence-corrected chi connectivity index (χ1v) is 16.9. The smallest absolute Gasteiger partial charge is 0.167 e. The van der Waals surface area contributed by atoms with E-state index in [4.69, 9.17) is 0 Å². The van der Waals surface area contributed by atoms with Crippen LogP contribution in [0.25, 0.3) is 76.1 Å². The van der Waals surface area contributed by atoms with E-state index in [9.17, 15) is 0 Å². The van der Waals surface area contributed by atoms with Crippen LogP contribution in [-0.4, -0.2) is 6.17 Å². The summed E-state index contributed by atoms with van der Waals surface area (Å²) in [6.45, 7) is 2.25. The number of fused-ring (bicyclic) bond motifs is 9. The van der Waals surface area contributed by atoms with Gasteiger partial charge in [-0.25, -0.2) is 4.90 Å². The van der Waals surface area contributed by atoms with Crippen LogP contribution in [0.4, 0.5) is 17.1 Å². The highest BCUT2D eigenvalue weighted by molar-refractivity contribution is 6.27. The molecule has 0 radical (unpaired) electrons. The van der Waals surface area contributed by atoms with Crippen LogP contribution in [0, 0.1) is 0 Å². The minimum atomic E-state index is 0.270. The van der Waals surface area contributed by atoms with Crippen molar-refractivity contribution in [3.63, 3.8) is 0 Å². The largest absolute Gasteiger partial charge is 0.331 e.